The van der Waals surface area contributed by atoms with Gasteiger partial charge in [-0.3, -0.25) is 4.79 Å². The number of likely N-dealkylation sites (tertiary alicyclic amines) is 1. The molecular formula is C20H24N2OS. The van der Waals surface area contributed by atoms with E-state index in [0.29, 0.717) is 12.2 Å². The van der Waals surface area contributed by atoms with Gasteiger partial charge in [-0.05, 0) is 36.9 Å². The number of benzene rings is 1. The number of carbonyl (C=O) groups excluding carboxylic acids is 1. The Balaban J connectivity index is 1.44. The molecule has 126 valence electrons. The Morgan fingerprint density at radius 2 is 2.04 bits per heavy atom. The van der Waals surface area contributed by atoms with Crippen molar-refractivity contribution >= 4 is 29.1 Å². The molecule has 1 N–H and O–H groups in total. The largest absolute Gasteiger partial charge is 0.365 e. The van der Waals surface area contributed by atoms with Gasteiger partial charge in [0.25, 0.3) is 0 Å². The van der Waals surface area contributed by atoms with Crippen molar-refractivity contribution in [2.24, 2.45) is 5.92 Å². The SMILES string of the molecule is O=C(CC1C=Cc2ccccc21)C1CCN[C@H]1C(=S)N1CCCC1. The summed E-state index contributed by atoms with van der Waals surface area (Å²) in [4.78, 5) is 16.2. The number of Topliss-reactive ketones (excluding diaryl/α,β-unsaturated/α-hetero) is 1. The van der Waals surface area contributed by atoms with Crippen molar-refractivity contribution in [3.63, 3.8) is 0 Å². The van der Waals surface area contributed by atoms with Gasteiger partial charge in [-0.2, -0.15) is 0 Å². The predicted molar refractivity (Wildman–Crippen MR) is 101 cm³/mol. The molecule has 1 aromatic carbocycles. The fourth-order valence-corrected chi connectivity index (χ4v) is 4.74. The van der Waals surface area contributed by atoms with Crippen LogP contribution in [0.4, 0.5) is 0 Å². The van der Waals surface area contributed by atoms with E-state index >= 15 is 0 Å². The summed E-state index contributed by atoms with van der Waals surface area (Å²) in [5.74, 6) is 0.632. The molecule has 3 aliphatic rings. The van der Waals surface area contributed by atoms with Crippen LogP contribution in [-0.4, -0.2) is 41.3 Å². The number of hydrogen-bond donors (Lipinski definition) is 1. The van der Waals surface area contributed by atoms with Crippen molar-refractivity contribution in [3.8, 4) is 0 Å². The number of ketones is 1. The van der Waals surface area contributed by atoms with Crippen LogP contribution in [0.1, 0.15) is 42.7 Å². The van der Waals surface area contributed by atoms with Crippen molar-refractivity contribution in [2.75, 3.05) is 19.6 Å². The van der Waals surface area contributed by atoms with Gasteiger partial charge in [0.15, 0.2) is 0 Å². The van der Waals surface area contributed by atoms with Crippen LogP contribution in [0.5, 0.6) is 0 Å². The first-order valence-electron chi connectivity index (χ1n) is 9.06. The molecule has 0 amide bonds. The third kappa shape index (κ3) is 2.93. The van der Waals surface area contributed by atoms with Crippen molar-refractivity contribution < 1.29 is 4.79 Å². The molecule has 3 nitrogen and oxygen atoms in total. The van der Waals surface area contributed by atoms with E-state index in [2.05, 4.69) is 46.6 Å². The van der Waals surface area contributed by atoms with Gasteiger partial charge in [0.2, 0.25) is 0 Å². The molecule has 3 atom stereocenters. The molecule has 2 fully saturated rings. The summed E-state index contributed by atoms with van der Waals surface area (Å²) in [5.41, 5.74) is 2.54. The number of carbonyl (C=O) groups is 1. The molecule has 0 bridgehead atoms. The molecule has 0 saturated carbocycles. The van der Waals surface area contributed by atoms with Crippen LogP contribution >= 0.6 is 12.2 Å². The first-order chi connectivity index (χ1) is 11.7. The van der Waals surface area contributed by atoms with Gasteiger partial charge < -0.3 is 10.2 Å². The Morgan fingerprint density at radius 3 is 2.88 bits per heavy atom. The Bertz CT molecular complexity index is 678. The van der Waals surface area contributed by atoms with Crippen LogP contribution in [0.3, 0.4) is 0 Å². The zero-order valence-corrected chi connectivity index (χ0v) is 14.7. The maximum absolute atomic E-state index is 13.0. The predicted octanol–water partition coefficient (Wildman–Crippen LogP) is 3.16. The van der Waals surface area contributed by atoms with Gasteiger partial charge in [0.05, 0.1) is 11.0 Å². The summed E-state index contributed by atoms with van der Waals surface area (Å²) in [7, 11) is 0. The third-order valence-corrected chi connectivity index (χ3v) is 6.16. The fraction of sp³-hybridized carbons (Fsp3) is 0.500. The Morgan fingerprint density at radius 1 is 1.25 bits per heavy atom. The third-order valence-electron chi connectivity index (χ3n) is 5.64. The monoisotopic (exact) mass is 340 g/mol. The summed E-state index contributed by atoms with van der Waals surface area (Å²) in [6.07, 6.45) is 8.27. The number of rotatable bonds is 4. The van der Waals surface area contributed by atoms with E-state index < -0.39 is 0 Å². The number of nitrogens with zero attached hydrogens (tertiary/aromatic N) is 1. The van der Waals surface area contributed by atoms with Gasteiger partial charge >= 0.3 is 0 Å². The summed E-state index contributed by atoms with van der Waals surface area (Å²) in [5, 5.41) is 3.49. The topological polar surface area (TPSA) is 32.3 Å². The number of allylic oxidation sites excluding steroid dienone is 1. The zero-order chi connectivity index (χ0) is 16.5. The lowest BCUT2D eigenvalue weighted by Gasteiger charge is -2.27. The molecule has 4 heteroatoms. The first kappa shape index (κ1) is 16.0. The van der Waals surface area contributed by atoms with Gasteiger partial charge in [0, 0.05) is 31.3 Å². The minimum absolute atomic E-state index is 0.0410. The van der Waals surface area contributed by atoms with E-state index in [1.807, 2.05) is 0 Å². The molecule has 2 heterocycles. The second-order valence-corrected chi connectivity index (χ2v) is 7.54. The Kier molecular flexibility index (Phi) is 4.51. The molecule has 0 radical (unpaired) electrons. The van der Waals surface area contributed by atoms with E-state index in [0.717, 1.165) is 31.0 Å². The van der Waals surface area contributed by atoms with Crippen molar-refractivity contribution in [1.82, 2.24) is 10.2 Å². The highest BCUT2D eigenvalue weighted by atomic mass is 32.1. The Labute approximate surface area is 149 Å². The number of hydrogen-bond acceptors (Lipinski definition) is 3. The van der Waals surface area contributed by atoms with E-state index in [4.69, 9.17) is 12.2 Å². The van der Waals surface area contributed by atoms with E-state index in [9.17, 15) is 4.79 Å². The summed E-state index contributed by atoms with van der Waals surface area (Å²) in [6, 6.07) is 8.45. The van der Waals surface area contributed by atoms with Crippen LogP contribution in [0, 0.1) is 5.92 Å². The van der Waals surface area contributed by atoms with E-state index in [-0.39, 0.29) is 17.9 Å². The maximum Gasteiger partial charge on any atom is 0.138 e. The molecule has 0 spiro atoms. The summed E-state index contributed by atoms with van der Waals surface area (Å²) < 4.78 is 0. The van der Waals surface area contributed by atoms with Gasteiger partial charge in [-0.15, -0.1) is 0 Å². The molecule has 2 saturated heterocycles. The van der Waals surface area contributed by atoms with Crippen LogP contribution in [0.2, 0.25) is 0 Å². The average molecular weight is 340 g/mol. The lowest BCUT2D eigenvalue weighted by Crippen LogP contribution is -2.46. The van der Waals surface area contributed by atoms with Crippen LogP contribution in [-0.2, 0) is 4.79 Å². The normalized spacial score (nSPS) is 28.3. The molecule has 2 aliphatic heterocycles. The van der Waals surface area contributed by atoms with E-state index in [1.165, 1.54) is 24.0 Å². The zero-order valence-electron chi connectivity index (χ0n) is 13.9. The number of thiocarbonyl (C=S) groups is 1. The fourth-order valence-electron chi connectivity index (χ4n) is 4.31. The molecule has 4 rings (SSSR count). The van der Waals surface area contributed by atoms with Crippen LogP contribution in [0.15, 0.2) is 30.3 Å². The molecule has 1 aromatic rings. The molecule has 1 aliphatic carbocycles. The average Bonchev–Trinajstić information content (AvgIpc) is 3.35. The van der Waals surface area contributed by atoms with Crippen molar-refractivity contribution in [3.05, 3.63) is 41.5 Å². The highest BCUT2D eigenvalue weighted by molar-refractivity contribution is 7.80. The lowest BCUT2D eigenvalue weighted by atomic mass is 9.87. The van der Waals surface area contributed by atoms with Crippen LogP contribution in [0.25, 0.3) is 6.08 Å². The smallest absolute Gasteiger partial charge is 0.138 e. The second-order valence-electron chi connectivity index (χ2n) is 7.12. The lowest BCUT2D eigenvalue weighted by molar-refractivity contribution is -0.122. The first-order valence-corrected chi connectivity index (χ1v) is 9.47. The summed E-state index contributed by atoms with van der Waals surface area (Å²) in [6.45, 7) is 3.00. The molecule has 2 unspecified atom stereocenters. The van der Waals surface area contributed by atoms with Crippen molar-refractivity contribution in [1.29, 1.82) is 0 Å². The number of fused-ring (bicyclic) bond motifs is 1. The standard InChI is InChI=1S/C20H24N2OS/c23-18(13-15-8-7-14-5-1-2-6-16(14)15)17-9-10-21-19(17)20(24)22-11-3-4-12-22/h1-2,5-8,15,17,19,21H,3-4,9-13H2/t15?,17?,19-/m1/s1. The van der Waals surface area contributed by atoms with Crippen LogP contribution < -0.4 is 5.32 Å². The molecule has 0 aromatic heterocycles. The van der Waals surface area contributed by atoms with Crippen molar-refractivity contribution in [2.45, 2.75) is 37.6 Å². The molecule has 24 heavy (non-hydrogen) atoms. The molecular weight excluding hydrogens is 316 g/mol. The second kappa shape index (κ2) is 6.77. The van der Waals surface area contributed by atoms with Gasteiger partial charge in [-0.1, -0.05) is 48.6 Å². The highest BCUT2D eigenvalue weighted by Crippen LogP contribution is 2.34. The minimum Gasteiger partial charge on any atom is -0.365 e. The maximum atomic E-state index is 13.0. The van der Waals surface area contributed by atoms with E-state index in [1.54, 1.807) is 0 Å². The Hall–Kier alpha value is -1.52. The number of nitrogens with one attached hydrogen (secondary N) is 1. The minimum atomic E-state index is 0.0410. The quantitative estimate of drug-likeness (QED) is 0.854. The highest BCUT2D eigenvalue weighted by Gasteiger charge is 2.38. The van der Waals surface area contributed by atoms with Gasteiger partial charge in [0.1, 0.15) is 5.78 Å². The van der Waals surface area contributed by atoms with Gasteiger partial charge in [-0.25, -0.2) is 0 Å². The summed E-state index contributed by atoms with van der Waals surface area (Å²) >= 11 is 5.71.